The number of hydrogen-bond acceptors (Lipinski definition) is 6. The van der Waals surface area contributed by atoms with Gasteiger partial charge < -0.3 is 15.5 Å². The highest BCUT2D eigenvalue weighted by Gasteiger charge is 2.54. The first-order valence-corrected chi connectivity index (χ1v) is 10.7. The first-order chi connectivity index (χ1) is 15.2. The molecule has 32 heavy (non-hydrogen) atoms. The van der Waals surface area contributed by atoms with Crippen LogP contribution in [0.1, 0.15) is 28.9 Å². The second kappa shape index (κ2) is 7.40. The standard InChI is InChI=1S/C20H17F3N6O2S/c21-20(22,23)11-3-12(7-24-6-11)27-18(31)28-13-4-19(5-13)8-29(9-19)17(30)15-16-14(1-2-32-16)25-10-26-15/h1-3,6-7,10,13H,4-5,8-9H2,(H2,27,28,31). The van der Waals surface area contributed by atoms with E-state index in [1.165, 1.54) is 17.7 Å². The molecule has 0 unspecified atom stereocenters. The summed E-state index contributed by atoms with van der Waals surface area (Å²) in [6, 6.07) is 1.99. The lowest BCUT2D eigenvalue weighted by Crippen LogP contribution is -2.67. The number of alkyl halides is 3. The summed E-state index contributed by atoms with van der Waals surface area (Å²) in [4.78, 5) is 38.5. The van der Waals surface area contributed by atoms with Crippen LogP contribution in [0.15, 0.2) is 36.2 Å². The predicted molar refractivity (Wildman–Crippen MR) is 110 cm³/mol. The Bertz CT molecular complexity index is 1200. The molecule has 0 atom stereocenters. The van der Waals surface area contributed by atoms with Crippen LogP contribution in [0.3, 0.4) is 0 Å². The first-order valence-electron chi connectivity index (χ1n) is 9.80. The van der Waals surface area contributed by atoms with Crippen LogP contribution in [-0.4, -0.2) is 50.9 Å². The number of anilines is 1. The number of carbonyl (C=O) groups is 2. The van der Waals surface area contributed by atoms with E-state index in [0.717, 1.165) is 22.5 Å². The minimum Gasteiger partial charge on any atom is -0.336 e. The van der Waals surface area contributed by atoms with Gasteiger partial charge in [0.2, 0.25) is 0 Å². The van der Waals surface area contributed by atoms with Crippen LogP contribution in [0, 0.1) is 5.41 Å². The number of carbonyl (C=O) groups excluding carboxylic acids is 2. The number of amides is 3. The van der Waals surface area contributed by atoms with E-state index in [1.54, 1.807) is 4.90 Å². The van der Waals surface area contributed by atoms with Crippen LogP contribution >= 0.6 is 11.3 Å². The summed E-state index contributed by atoms with van der Waals surface area (Å²) in [6.07, 6.45) is 0.111. The normalized spacial score (nSPS) is 17.7. The molecule has 3 aromatic rings. The molecule has 4 heterocycles. The van der Waals surface area contributed by atoms with Gasteiger partial charge in [-0.1, -0.05) is 0 Å². The van der Waals surface area contributed by atoms with Crippen molar-refractivity contribution in [1.82, 2.24) is 25.2 Å². The molecule has 2 fully saturated rings. The Morgan fingerprint density at radius 2 is 1.97 bits per heavy atom. The zero-order valence-corrected chi connectivity index (χ0v) is 17.3. The highest BCUT2D eigenvalue weighted by atomic mass is 32.1. The lowest BCUT2D eigenvalue weighted by molar-refractivity contribution is -0.137. The number of thiophene rings is 1. The molecule has 1 aliphatic carbocycles. The zero-order valence-electron chi connectivity index (χ0n) is 16.5. The maximum Gasteiger partial charge on any atom is 0.417 e. The predicted octanol–water partition coefficient (Wildman–Crippen LogP) is 3.53. The molecule has 166 valence electrons. The average Bonchev–Trinajstić information content (AvgIpc) is 3.16. The van der Waals surface area contributed by atoms with Crippen LogP contribution in [0.4, 0.5) is 23.7 Å². The molecule has 1 aliphatic heterocycles. The molecule has 1 spiro atoms. The van der Waals surface area contributed by atoms with Crippen LogP contribution in [-0.2, 0) is 6.18 Å². The Kier molecular flexibility index (Phi) is 4.77. The Labute approximate surface area is 183 Å². The van der Waals surface area contributed by atoms with Gasteiger partial charge in [0.25, 0.3) is 5.91 Å². The SMILES string of the molecule is O=C(Nc1cncc(C(F)(F)F)c1)NC1CC2(C1)CN(C(=O)c1ncnc3ccsc13)C2. The lowest BCUT2D eigenvalue weighted by Gasteiger charge is -2.58. The summed E-state index contributed by atoms with van der Waals surface area (Å²) >= 11 is 1.43. The Hall–Kier alpha value is -3.28. The number of nitrogens with zero attached hydrogens (tertiary/aromatic N) is 4. The number of pyridine rings is 1. The van der Waals surface area contributed by atoms with Crippen molar-refractivity contribution in [3.63, 3.8) is 0 Å². The molecule has 5 rings (SSSR count). The van der Waals surface area contributed by atoms with E-state index in [-0.39, 0.29) is 23.1 Å². The second-order valence-electron chi connectivity index (χ2n) is 8.18. The Balaban J connectivity index is 1.12. The van der Waals surface area contributed by atoms with Gasteiger partial charge in [0.15, 0.2) is 0 Å². The number of hydrogen-bond donors (Lipinski definition) is 2. The number of urea groups is 1. The van der Waals surface area contributed by atoms with Gasteiger partial charge in [0, 0.05) is 30.7 Å². The summed E-state index contributed by atoms with van der Waals surface area (Å²) in [6.45, 7) is 1.17. The summed E-state index contributed by atoms with van der Waals surface area (Å²) in [5.74, 6) is -0.128. The van der Waals surface area contributed by atoms with Crippen molar-refractivity contribution < 1.29 is 22.8 Å². The van der Waals surface area contributed by atoms with Crippen LogP contribution in [0.25, 0.3) is 10.2 Å². The maximum absolute atomic E-state index is 12.8. The minimum absolute atomic E-state index is 0.0310. The Morgan fingerprint density at radius 3 is 2.72 bits per heavy atom. The van der Waals surface area contributed by atoms with Gasteiger partial charge in [-0.2, -0.15) is 13.2 Å². The summed E-state index contributed by atoms with van der Waals surface area (Å²) < 4.78 is 39.1. The summed E-state index contributed by atoms with van der Waals surface area (Å²) in [5.41, 5.74) is 0.158. The number of nitrogens with one attached hydrogen (secondary N) is 2. The molecule has 3 aromatic heterocycles. The zero-order chi connectivity index (χ0) is 22.5. The number of rotatable bonds is 3. The van der Waals surface area contributed by atoms with Crippen molar-refractivity contribution in [3.8, 4) is 0 Å². The highest BCUT2D eigenvalue weighted by Crippen LogP contribution is 2.48. The summed E-state index contributed by atoms with van der Waals surface area (Å²) in [7, 11) is 0. The molecule has 12 heteroatoms. The molecule has 2 N–H and O–H groups in total. The van der Waals surface area contributed by atoms with E-state index in [2.05, 4.69) is 25.6 Å². The summed E-state index contributed by atoms with van der Waals surface area (Å²) in [5, 5.41) is 7.02. The quantitative estimate of drug-likeness (QED) is 0.620. The number of fused-ring (bicyclic) bond motifs is 1. The maximum atomic E-state index is 12.8. The minimum atomic E-state index is -4.53. The monoisotopic (exact) mass is 462 g/mol. The van der Waals surface area contributed by atoms with Gasteiger partial charge in [0.1, 0.15) is 12.0 Å². The molecular weight excluding hydrogens is 445 g/mol. The number of aromatic nitrogens is 3. The smallest absolute Gasteiger partial charge is 0.336 e. The largest absolute Gasteiger partial charge is 0.417 e. The molecule has 1 saturated heterocycles. The van der Waals surface area contributed by atoms with Crippen molar-refractivity contribution in [2.75, 3.05) is 18.4 Å². The van der Waals surface area contributed by atoms with E-state index in [4.69, 9.17) is 0 Å². The Morgan fingerprint density at radius 1 is 1.19 bits per heavy atom. The molecule has 0 radical (unpaired) electrons. The molecule has 0 bridgehead atoms. The van der Waals surface area contributed by atoms with Gasteiger partial charge in [-0.15, -0.1) is 11.3 Å². The van der Waals surface area contributed by atoms with E-state index < -0.39 is 17.8 Å². The van der Waals surface area contributed by atoms with Gasteiger partial charge in [0.05, 0.1) is 27.7 Å². The number of likely N-dealkylation sites (tertiary alicyclic amines) is 1. The molecular formula is C20H17F3N6O2S. The molecule has 0 aromatic carbocycles. The fourth-order valence-electron chi connectivity index (χ4n) is 4.36. The van der Waals surface area contributed by atoms with Crippen LogP contribution in [0.2, 0.25) is 0 Å². The average molecular weight is 462 g/mol. The van der Waals surface area contributed by atoms with Gasteiger partial charge >= 0.3 is 12.2 Å². The molecule has 3 amide bonds. The van der Waals surface area contributed by atoms with Crippen molar-refractivity contribution in [2.24, 2.45) is 5.41 Å². The molecule has 8 nitrogen and oxygen atoms in total. The third-order valence-electron chi connectivity index (χ3n) is 5.80. The fourth-order valence-corrected chi connectivity index (χ4v) is 5.19. The third kappa shape index (κ3) is 3.74. The second-order valence-corrected chi connectivity index (χ2v) is 9.10. The molecule has 2 aliphatic rings. The van der Waals surface area contributed by atoms with Crippen LogP contribution in [0.5, 0.6) is 0 Å². The van der Waals surface area contributed by atoms with Crippen molar-refractivity contribution in [1.29, 1.82) is 0 Å². The van der Waals surface area contributed by atoms with Gasteiger partial charge in [-0.25, -0.2) is 14.8 Å². The van der Waals surface area contributed by atoms with Crippen LogP contribution < -0.4 is 10.6 Å². The van der Waals surface area contributed by atoms with Crippen molar-refractivity contribution in [2.45, 2.75) is 25.1 Å². The van der Waals surface area contributed by atoms with Gasteiger partial charge in [-0.3, -0.25) is 9.78 Å². The van der Waals surface area contributed by atoms with Crippen molar-refractivity contribution in [3.05, 3.63) is 47.5 Å². The van der Waals surface area contributed by atoms with E-state index in [9.17, 15) is 22.8 Å². The van der Waals surface area contributed by atoms with Gasteiger partial charge in [-0.05, 0) is 30.4 Å². The first kappa shape index (κ1) is 20.6. The van der Waals surface area contributed by atoms with E-state index in [1.807, 2.05) is 11.4 Å². The highest BCUT2D eigenvalue weighted by molar-refractivity contribution is 7.17. The topological polar surface area (TPSA) is 100 Å². The van der Waals surface area contributed by atoms with E-state index >= 15 is 0 Å². The fraction of sp³-hybridized carbons (Fsp3) is 0.350. The number of halogens is 3. The van der Waals surface area contributed by atoms with Crippen molar-refractivity contribution >= 4 is 39.2 Å². The molecule has 1 saturated carbocycles. The van der Waals surface area contributed by atoms with E-state index in [0.29, 0.717) is 37.8 Å². The lowest BCUT2D eigenvalue weighted by atomic mass is 9.60. The third-order valence-corrected chi connectivity index (χ3v) is 6.71.